The molecule has 24 heteroatoms. The lowest BCUT2D eigenvalue weighted by molar-refractivity contribution is -0.432. The SMILES string of the molecule is O=S(=O)(O)CC(O)COc1cc(/C=C/c2cc(OCC(O)CSOOO)cc(OCC(O)CS(=O)(=O)O)c2)cc(OCC(O)CSOOO)c1. The topological polar surface area (TPSA) is 304 Å². The average Bonchev–Trinajstić information content (AvgIpc) is 3.02. The Morgan fingerprint density at radius 1 is 0.540 bits per heavy atom. The van der Waals surface area contributed by atoms with Gasteiger partial charge in [-0.2, -0.15) is 16.8 Å². The van der Waals surface area contributed by atoms with Gasteiger partial charge in [0.1, 0.15) is 73.1 Å². The molecular weight excluding hydrogens is 761 g/mol. The third-order valence-corrected chi connectivity index (χ3v) is 8.49. The Kier molecular flexibility index (Phi) is 19.6. The van der Waals surface area contributed by atoms with Gasteiger partial charge in [-0.3, -0.25) is 9.11 Å². The van der Waals surface area contributed by atoms with E-state index in [1.165, 1.54) is 36.4 Å². The van der Waals surface area contributed by atoms with Crippen LogP contribution < -0.4 is 18.9 Å². The summed E-state index contributed by atoms with van der Waals surface area (Å²) in [6.45, 7) is -1.58. The van der Waals surface area contributed by atoms with Crippen molar-refractivity contribution in [2.45, 2.75) is 24.4 Å². The van der Waals surface area contributed by atoms with Crippen LogP contribution in [0.25, 0.3) is 12.2 Å². The number of hydrogen-bond acceptors (Lipinski definition) is 20. The molecule has 0 aliphatic rings. The van der Waals surface area contributed by atoms with Crippen LogP contribution in [0.5, 0.6) is 23.0 Å². The van der Waals surface area contributed by atoms with Crippen LogP contribution in [0.3, 0.4) is 0 Å². The number of benzene rings is 2. The first-order valence-corrected chi connectivity index (χ1v) is 18.9. The third kappa shape index (κ3) is 20.4. The van der Waals surface area contributed by atoms with E-state index in [2.05, 4.69) is 18.7 Å². The summed E-state index contributed by atoms with van der Waals surface area (Å²) in [4.78, 5) is 0. The molecule has 0 aliphatic carbocycles. The summed E-state index contributed by atoms with van der Waals surface area (Å²) in [6.07, 6.45) is -2.21. The maximum absolute atomic E-state index is 11.1. The lowest BCUT2D eigenvalue weighted by Crippen LogP contribution is -2.26. The van der Waals surface area contributed by atoms with Crippen molar-refractivity contribution in [3.05, 3.63) is 47.5 Å². The van der Waals surface area contributed by atoms with E-state index in [0.717, 1.165) is 0 Å². The molecule has 50 heavy (non-hydrogen) atoms. The van der Waals surface area contributed by atoms with Crippen LogP contribution in [-0.2, 0) is 39.0 Å². The van der Waals surface area contributed by atoms with Gasteiger partial charge in [-0.1, -0.05) is 22.2 Å². The Labute approximate surface area is 294 Å². The fraction of sp³-hybridized carbons (Fsp3) is 0.462. The number of aliphatic hydroxyl groups is 4. The minimum absolute atomic E-state index is 0.0539. The molecule has 0 saturated heterocycles. The van der Waals surface area contributed by atoms with Gasteiger partial charge >= 0.3 is 0 Å². The molecule has 20 nitrogen and oxygen atoms in total. The van der Waals surface area contributed by atoms with Crippen LogP contribution in [0.15, 0.2) is 36.4 Å². The fourth-order valence-electron chi connectivity index (χ4n) is 3.61. The molecule has 0 aliphatic heterocycles. The van der Waals surface area contributed by atoms with Gasteiger partial charge in [0.25, 0.3) is 20.2 Å². The Morgan fingerprint density at radius 3 is 1.12 bits per heavy atom. The molecule has 0 saturated carbocycles. The molecule has 284 valence electrons. The molecule has 0 heterocycles. The van der Waals surface area contributed by atoms with Crippen molar-refractivity contribution in [2.24, 2.45) is 0 Å². The van der Waals surface area contributed by atoms with Crippen molar-refractivity contribution in [1.29, 1.82) is 0 Å². The van der Waals surface area contributed by atoms with Crippen molar-refractivity contribution in [3.8, 4) is 23.0 Å². The predicted octanol–water partition coefficient (Wildman–Crippen LogP) is 0.730. The number of rotatable bonds is 26. The summed E-state index contributed by atoms with van der Waals surface area (Å²) < 4.78 is 93.0. The highest BCUT2D eigenvalue weighted by Crippen LogP contribution is 2.28. The van der Waals surface area contributed by atoms with Crippen LogP contribution >= 0.6 is 24.1 Å². The molecule has 0 spiro atoms. The van der Waals surface area contributed by atoms with E-state index in [0.29, 0.717) is 35.2 Å². The summed E-state index contributed by atoms with van der Waals surface area (Å²) in [5, 5.41) is 63.4. The van der Waals surface area contributed by atoms with E-state index in [9.17, 15) is 37.3 Å². The van der Waals surface area contributed by atoms with Crippen molar-refractivity contribution in [3.63, 3.8) is 0 Å². The first kappa shape index (κ1) is 43.7. The second kappa shape index (κ2) is 22.4. The summed E-state index contributed by atoms with van der Waals surface area (Å²) in [6, 6.07) is 8.78. The Bertz CT molecular complexity index is 1430. The molecule has 8 N–H and O–H groups in total. The van der Waals surface area contributed by atoms with Crippen LogP contribution in [0.4, 0.5) is 0 Å². The zero-order chi connectivity index (χ0) is 37.2. The molecule has 0 fully saturated rings. The smallest absolute Gasteiger partial charge is 0.267 e. The van der Waals surface area contributed by atoms with Gasteiger partial charge in [0.05, 0.1) is 23.7 Å². The van der Waals surface area contributed by atoms with Crippen molar-refractivity contribution in [2.75, 3.05) is 49.4 Å². The van der Waals surface area contributed by atoms with E-state index < -0.39 is 69.4 Å². The second-order valence-electron chi connectivity index (χ2n) is 10.0. The van der Waals surface area contributed by atoms with Crippen LogP contribution in [-0.4, -0.2) is 131 Å². The zero-order valence-electron chi connectivity index (χ0n) is 25.7. The highest BCUT2D eigenvalue weighted by Gasteiger charge is 2.17. The van der Waals surface area contributed by atoms with Crippen molar-refractivity contribution >= 4 is 56.5 Å². The minimum atomic E-state index is -4.49. The van der Waals surface area contributed by atoms with Gasteiger partial charge in [-0.05, 0) is 35.4 Å². The van der Waals surface area contributed by atoms with E-state index in [-0.39, 0.29) is 47.7 Å². The summed E-state index contributed by atoms with van der Waals surface area (Å²) in [5.41, 5.74) is 0.831. The Hall–Kier alpha value is -2.50. The molecule has 4 atom stereocenters. The van der Waals surface area contributed by atoms with E-state index in [4.69, 9.17) is 38.6 Å². The largest absolute Gasteiger partial charge is 0.491 e. The third-order valence-electron chi connectivity index (χ3n) is 5.53. The number of hydrogen-bond donors (Lipinski definition) is 8. The first-order chi connectivity index (χ1) is 23.5. The maximum Gasteiger partial charge on any atom is 0.267 e. The maximum atomic E-state index is 11.1. The van der Waals surface area contributed by atoms with Crippen LogP contribution in [0.1, 0.15) is 11.1 Å². The first-order valence-electron chi connectivity index (χ1n) is 13.9. The monoisotopic (exact) mass is 796 g/mol. The Morgan fingerprint density at radius 2 is 0.840 bits per heavy atom. The highest BCUT2D eigenvalue weighted by molar-refractivity contribution is 7.94. The van der Waals surface area contributed by atoms with Crippen molar-refractivity contribution in [1.82, 2.24) is 0 Å². The molecule has 0 amide bonds. The van der Waals surface area contributed by atoms with Crippen molar-refractivity contribution < 1.29 is 94.6 Å². The van der Waals surface area contributed by atoms with Gasteiger partial charge < -0.3 is 39.4 Å². The molecule has 0 aromatic heterocycles. The van der Waals surface area contributed by atoms with Gasteiger partial charge in [0.15, 0.2) is 0 Å². The van der Waals surface area contributed by atoms with Gasteiger partial charge in [0.2, 0.25) is 0 Å². The molecule has 2 rings (SSSR count). The second-order valence-corrected chi connectivity index (χ2v) is 14.4. The average molecular weight is 797 g/mol. The molecule has 0 bridgehead atoms. The predicted molar refractivity (Wildman–Crippen MR) is 175 cm³/mol. The van der Waals surface area contributed by atoms with E-state index in [1.54, 1.807) is 12.2 Å². The Balaban J connectivity index is 2.34. The fourth-order valence-corrected chi connectivity index (χ4v) is 5.48. The molecular formula is C26H36O20S4. The summed E-state index contributed by atoms with van der Waals surface area (Å²) in [7, 11) is -8.97. The number of aliphatic hydroxyl groups excluding tert-OH is 4. The van der Waals surface area contributed by atoms with Gasteiger partial charge in [0, 0.05) is 36.2 Å². The van der Waals surface area contributed by atoms with Crippen LogP contribution in [0, 0.1) is 0 Å². The summed E-state index contributed by atoms with van der Waals surface area (Å²) >= 11 is 1.20. The summed E-state index contributed by atoms with van der Waals surface area (Å²) in [5.74, 6) is -1.56. The highest BCUT2D eigenvalue weighted by atomic mass is 32.2. The lowest BCUT2D eigenvalue weighted by Gasteiger charge is -2.15. The van der Waals surface area contributed by atoms with Crippen LogP contribution in [0.2, 0.25) is 0 Å². The molecule has 2 aromatic rings. The lowest BCUT2D eigenvalue weighted by atomic mass is 10.1. The molecule has 0 radical (unpaired) electrons. The van der Waals surface area contributed by atoms with E-state index in [1.807, 2.05) is 0 Å². The van der Waals surface area contributed by atoms with Gasteiger partial charge in [-0.15, -0.1) is 8.67 Å². The number of ether oxygens (including phenoxy) is 4. The van der Waals surface area contributed by atoms with Gasteiger partial charge in [-0.25, -0.2) is 10.5 Å². The quantitative estimate of drug-likeness (QED) is 0.0162. The zero-order valence-corrected chi connectivity index (χ0v) is 29.0. The normalized spacial score (nSPS) is 14.6. The standard InChI is InChI=1S/C26H36O20S4/c27-19(13-47-45-43-31)9-39-23-3-17(5-25(7-23)41-11-21(29)15-49(33,34)35)1-2-18-4-24(40-10-20(28)14-48-46-44-32)8-26(6-18)42-12-22(30)16-50(36,37)38/h1-8,19-22,27-32H,9-16H2,(H,33,34,35)(H,36,37,38)/b2-1+. The molecule has 4 unspecified atom stereocenters. The molecule has 2 aromatic carbocycles. The van der Waals surface area contributed by atoms with E-state index >= 15 is 0 Å². The minimum Gasteiger partial charge on any atom is -0.491 e.